The van der Waals surface area contributed by atoms with E-state index < -0.39 is 0 Å². The van der Waals surface area contributed by atoms with E-state index in [1.54, 1.807) is 0 Å². The van der Waals surface area contributed by atoms with Gasteiger partial charge in [-0.3, -0.25) is 0 Å². The average molecular weight is 714 g/mol. The molecule has 3 heteroatoms. The van der Waals surface area contributed by atoms with E-state index >= 15 is 0 Å². The first-order chi connectivity index (χ1) is 27.8. The van der Waals surface area contributed by atoms with Crippen LogP contribution in [0.3, 0.4) is 0 Å². The molecular weight excluding hydrogens is 679 g/mol. The smallest absolute Gasteiger partial charge is 0.160 e. The first-order valence-electron chi connectivity index (χ1n) is 19.2. The van der Waals surface area contributed by atoms with Gasteiger partial charge in [0, 0.05) is 39.1 Å². The van der Waals surface area contributed by atoms with Crippen LogP contribution in [-0.2, 0) is 0 Å². The van der Waals surface area contributed by atoms with Gasteiger partial charge in [-0.05, 0) is 87.5 Å². The lowest BCUT2D eigenvalue weighted by atomic mass is 9.88. The van der Waals surface area contributed by atoms with Gasteiger partial charge in [-0.1, -0.05) is 158 Å². The van der Waals surface area contributed by atoms with Crippen molar-refractivity contribution in [2.75, 3.05) is 0 Å². The van der Waals surface area contributed by atoms with Crippen molar-refractivity contribution in [3.63, 3.8) is 0 Å². The minimum Gasteiger partial charge on any atom is -0.309 e. The molecule has 2 heterocycles. The van der Waals surface area contributed by atoms with E-state index in [2.05, 4.69) is 199 Å². The van der Waals surface area contributed by atoms with Gasteiger partial charge in [0.05, 0.1) is 22.4 Å². The summed E-state index contributed by atoms with van der Waals surface area (Å²) in [6, 6.07) is 73.9. The van der Waals surface area contributed by atoms with Crippen LogP contribution in [0.15, 0.2) is 206 Å². The minimum atomic E-state index is 0.0902. The van der Waals surface area contributed by atoms with Crippen molar-refractivity contribution in [3.05, 3.63) is 223 Å². The highest BCUT2D eigenvalue weighted by atomic mass is 15.0. The summed E-state index contributed by atoms with van der Waals surface area (Å²) in [5.74, 6) is 0.811. The zero-order valence-electron chi connectivity index (χ0n) is 30.5. The number of benzene rings is 8. The highest BCUT2D eigenvalue weighted by Crippen LogP contribution is 2.49. The zero-order chi connectivity index (χ0) is 37.0. The largest absolute Gasteiger partial charge is 0.309 e. The van der Waals surface area contributed by atoms with Crippen LogP contribution in [-0.4, -0.2) is 14.5 Å². The Hall–Kier alpha value is -7.36. The van der Waals surface area contributed by atoms with Gasteiger partial charge < -0.3 is 4.57 Å². The van der Waals surface area contributed by atoms with Crippen molar-refractivity contribution in [3.8, 4) is 61.8 Å². The van der Waals surface area contributed by atoms with Crippen LogP contribution in [0.2, 0.25) is 0 Å². The molecule has 0 N–H and O–H groups in total. The molecular formula is C53H35N3. The van der Waals surface area contributed by atoms with Crippen molar-refractivity contribution < 1.29 is 0 Å². The highest BCUT2D eigenvalue weighted by Gasteiger charge is 2.30. The second-order valence-electron chi connectivity index (χ2n) is 14.6. The van der Waals surface area contributed by atoms with Crippen molar-refractivity contribution >= 4 is 21.8 Å². The molecule has 0 bridgehead atoms. The monoisotopic (exact) mass is 713 g/mol. The molecule has 10 aromatic rings. The Kier molecular flexibility index (Phi) is 7.56. The van der Waals surface area contributed by atoms with E-state index in [-0.39, 0.29) is 5.92 Å². The summed E-state index contributed by atoms with van der Waals surface area (Å²) in [5.41, 5.74) is 17.4. The summed E-state index contributed by atoms with van der Waals surface area (Å²) in [6.07, 6.45) is 0. The van der Waals surface area contributed by atoms with Crippen LogP contribution in [0.5, 0.6) is 0 Å². The zero-order valence-corrected chi connectivity index (χ0v) is 30.5. The van der Waals surface area contributed by atoms with E-state index in [4.69, 9.17) is 9.97 Å². The molecule has 11 rings (SSSR count). The van der Waals surface area contributed by atoms with Crippen LogP contribution < -0.4 is 0 Å². The highest BCUT2D eigenvalue weighted by molar-refractivity contribution is 6.10. The lowest BCUT2D eigenvalue weighted by Gasteiger charge is -2.16. The number of aromatic nitrogens is 3. The van der Waals surface area contributed by atoms with Gasteiger partial charge in [0.1, 0.15) is 0 Å². The average Bonchev–Trinajstić information content (AvgIpc) is 3.79. The second kappa shape index (κ2) is 13.2. The molecule has 1 atom stereocenters. The van der Waals surface area contributed by atoms with Crippen molar-refractivity contribution in [1.82, 2.24) is 14.5 Å². The molecule has 56 heavy (non-hydrogen) atoms. The van der Waals surface area contributed by atoms with Crippen LogP contribution in [0.4, 0.5) is 0 Å². The van der Waals surface area contributed by atoms with Gasteiger partial charge in [-0.25, -0.2) is 9.97 Å². The lowest BCUT2D eigenvalue weighted by Crippen LogP contribution is -2.01. The van der Waals surface area contributed by atoms with Gasteiger partial charge in [-0.2, -0.15) is 0 Å². The molecule has 8 aromatic carbocycles. The molecule has 0 amide bonds. The molecule has 1 unspecified atom stereocenters. The third-order valence-electron chi connectivity index (χ3n) is 11.3. The SMILES string of the molecule is c1ccc(-c2cc(-c3ccccc3)nc(-c3cccc(C4c5ccccc5-c5cc(-c6ccc7c(c6)c6ccccc6n7-c6ccccc6)ccc54)c3)n2)cc1. The first kappa shape index (κ1) is 32.1. The molecule has 0 radical (unpaired) electrons. The third kappa shape index (κ3) is 5.36. The first-order valence-corrected chi connectivity index (χ1v) is 19.2. The molecule has 0 spiro atoms. The maximum atomic E-state index is 5.15. The fourth-order valence-corrected chi connectivity index (χ4v) is 8.70. The molecule has 3 nitrogen and oxygen atoms in total. The van der Waals surface area contributed by atoms with Crippen LogP contribution in [0.25, 0.3) is 83.6 Å². The van der Waals surface area contributed by atoms with Gasteiger partial charge in [0.15, 0.2) is 5.82 Å². The molecule has 1 aliphatic carbocycles. The van der Waals surface area contributed by atoms with Crippen molar-refractivity contribution in [2.45, 2.75) is 5.92 Å². The van der Waals surface area contributed by atoms with Crippen LogP contribution in [0.1, 0.15) is 22.6 Å². The fourth-order valence-electron chi connectivity index (χ4n) is 8.70. The van der Waals surface area contributed by atoms with Crippen molar-refractivity contribution in [2.24, 2.45) is 0 Å². The predicted molar refractivity (Wildman–Crippen MR) is 231 cm³/mol. The summed E-state index contributed by atoms with van der Waals surface area (Å²) >= 11 is 0. The Labute approximate surface area is 325 Å². The number of nitrogens with zero attached hydrogens (tertiary/aromatic N) is 3. The van der Waals surface area contributed by atoms with Gasteiger partial charge >= 0.3 is 0 Å². The second-order valence-corrected chi connectivity index (χ2v) is 14.6. The van der Waals surface area contributed by atoms with Crippen molar-refractivity contribution in [1.29, 1.82) is 0 Å². The number of hydrogen-bond donors (Lipinski definition) is 0. The van der Waals surface area contributed by atoms with E-state index in [1.807, 2.05) is 12.1 Å². The number of para-hydroxylation sites is 2. The molecule has 0 saturated carbocycles. The Morgan fingerprint density at radius 2 is 0.946 bits per heavy atom. The normalized spacial score (nSPS) is 13.2. The van der Waals surface area contributed by atoms with Crippen LogP contribution in [0, 0.1) is 0 Å². The minimum absolute atomic E-state index is 0.0902. The number of hydrogen-bond acceptors (Lipinski definition) is 2. The Bertz CT molecular complexity index is 3020. The Morgan fingerprint density at radius 1 is 0.357 bits per heavy atom. The molecule has 0 fully saturated rings. The molecule has 0 aliphatic heterocycles. The van der Waals surface area contributed by atoms with Gasteiger partial charge in [0.25, 0.3) is 0 Å². The Morgan fingerprint density at radius 3 is 1.71 bits per heavy atom. The van der Waals surface area contributed by atoms with Gasteiger partial charge in [-0.15, -0.1) is 0 Å². The summed E-state index contributed by atoms with van der Waals surface area (Å²) in [5, 5.41) is 2.51. The maximum absolute atomic E-state index is 5.15. The maximum Gasteiger partial charge on any atom is 0.160 e. The number of rotatable bonds is 6. The Balaban J connectivity index is 1.01. The van der Waals surface area contributed by atoms with E-state index in [1.165, 1.54) is 66.4 Å². The molecule has 262 valence electrons. The van der Waals surface area contributed by atoms with Gasteiger partial charge in [0.2, 0.25) is 0 Å². The summed E-state index contributed by atoms with van der Waals surface area (Å²) < 4.78 is 2.37. The lowest BCUT2D eigenvalue weighted by molar-refractivity contribution is 1.01. The topological polar surface area (TPSA) is 30.7 Å². The van der Waals surface area contributed by atoms with Crippen LogP contribution >= 0.6 is 0 Å². The fraction of sp³-hybridized carbons (Fsp3) is 0.0189. The quantitative estimate of drug-likeness (QED) is 0.172. The predicted octanol–water partition coefficient (Wildman–Crippen LogP) is 13.4. The summed E-state index contributed by atoms with van der Waals surface area (Å²) in [6.45, 7) is 0. The molecule has 1 aliphatic rings. The standard InChI is InChI=1S/C53H35N3/c1-4-15-35(16-5-1)48-34-49(36-17-6-2-7-18-36)55-53(54-48)40-20-14-19-39(31-40)52-44-25-11-10-23-42(44)46-32-37(27-29-45(46)52)38-28-30-51-47(33-38)43-24-12-13-26-50(43)56(51)41-21-8-3-9-22-41/h1-34,52H. The summed E-state index contributed by atoms with van der Waals surface area (Å²) in [4.78, 5) is 10.3. The molecule has 2 aromatic heterocycles. The third-order valence-corrected chi connectivity index (χ3v) is 11.3. The van der Waals surface area contributed by atoms with E-state index in [0.717, 1.165) is 33.9 Å². The van der Waals surface area contributed by atoms with E-state index in [9.17, 15) is 0 Å². The number of fused-ring (bicyclic) bond motifs is 6. The van der Waals surface area contributed by atoms with E-state index in [0.29, 0.717) is 0 Å². The molecule has 0 saturated heterocycles. The summed E-state index contributed by atoms with van der Waals surface area (Å²) in [7, 11) is 0.